The van der Waals surface area contributed by atoms with Gasteiger partial charge in [0, 0.05) is 16.3 Å². The highest BCUT2D eigenvalue weighted by molar-refractivity contribution is 6.25. The fraction of sp³-hybridized carbons (Fsp3) is 0. The Balaban J connectivity index is 1.17. The van der Waals surface area contributed by atoms with E-state index < -0.39 is 0 Å². The molecule has 250 valence electrons. The van der Waals surface area contributed by atoms with Gasteiger partial charge in [-0.2, -0.15) is 0 Å². The van der Waals surface area contributed by atoms with Crippen molar-refractivity contribution in [3.05, 3.63) is 200 Å². The second-order valence-corrected chi connectivity index (χ2v) is 14.2. The number of benzene rings is 10. The lowest BCUT2D eigenvalue weighted by Gasteiger charge is -2.20. The molecular weight excluding hydrogens is 651 g/mol. The van der Waals surface area contributed by atoms with E-state index in [1.54, 1.807) is 0 Å². The first-order chi connectivity index (χ1) is 26.8. The Morgan fingerprint density at radius 1 is 0.259 bits per heavy atom. The maximum Gasteiger partial charge on any atom is 0.0788 e. The highest BCUT2D eigenvalue weighted by Gasteiger charge is 2.20. The fourth-order valence-electron chi connectivity index (χ4n) is 8.77. The van der Waals surface area contributed by atoms with E-state index in [4.69, 9.17) is 4.98 Å². The van der Waals surface area contributed by atoms with Gasteiger partial charge in [0.15, 0.2) is 0 Å². The molecule has 11 rings (SSSR count). The maximum atomic E-state index is 5.18. The number of fused-ring (bicyclic) bond motifs is 7. The molecule has 0 bridgehead atoms. The molecule has 11 aromatic rings. The Morgan fingerprint density at radius 2 is 0.704 bits per heavy atom. The number of rotatable bonds is 4. The van der Waals surface area contributed by atoms with E-state index in [0.717, 1.165) is 16.8 Å². The third kappa shape index (κ3) is 4.76. The van der Waals surface area contributed by atoms with Gasteiger partial charge in [0.05, 0.1) is 11.2 Å². The first-order valence-corrected chi connectivity index (χ1v) is 18.6. The van der Waals surface area contributed by atoms with Gasteiger partial charge >= 0.3 is 0 Å². The lowest BCUT2D eigenvalue weighted by molar-refractivity contribution is 1.43. The monoisotopic (exact) mass is 683 g/mol. The highest BCUT2D eigenvalue weighted by atomic mass is 14.7. The van der Waals surface area contributed by atoms with Crippen molar-refractivity contribution in [3.63, 3.8) is 0 Å². The Hall–Kier alpha value is -7.09. The number of nitrogens with zero attached hydrogens (tertiary/aromatic N) is 1. The van der Waals surface area contributed by atoms with E-state index in [0.29, 0.717) is 0 Å². The molecule has 0 atom stereocenters. The molecule has 0 aliphatic heterocycles. The van der Waals surface area contributed by atoms with E-state index in [2.05, 4.69) is 200 Å². The van der Waals surface area contributed by atoms with Crippen molar-refractivity contribution in [2.45, 2.75) is 0 Å². The van der Waals surface area contributed by atoms with Crippen LogP contribution in [0, 0.1) is 0 Å². The van der Waals surface area contributed by atoms with Crippen LogP contribution in [0.2, 0.25) is 0 Å². The Morgan fingerprint density at radius 3 is 1.35 bits per heavy atom. The predicted molar refractivity (Wildman–Crippen MR) is 231 cm³/mol. The van der Waals surface area contributed by atoms with Gasteiger partial charge in [-0.25, -0.2) is 4.98 Å². The number of para-hydroxylation sites is 1. The third-order valence-electron chi connectivity index (χ3n) is 11.2. The van der Waals surface area contributed by atoms with Crippen LogP contribution >= 0.6 is 0 Å². The van der Waals surface area contributed by atoms with Crippen LogP contribution in [-0.4, -0.2) is 4.98 Å². The standard InChI is InChI=1S/C53H33N/c1-3-17-39-35(13-1)15-11-24-43(39)51-45-21-6-7-22-46(45)52(44-25-12-16-36-14-2-4-18-40(36)44)49-33-38(31-32-47(49)51)34-27-29-37(30-28-34)53-48-23-8-5-19-41(48)42-20-9-10-26-50(42)54-53/h1-33H. The summed E-state index contributed by atoms with van der Waals surface area (Å²) in [6, 6.07) is 73.0. The lowest BCUT2D eigenvalue weighted by atomic mass is 9.83. The summed E-state index contributed by atoms with van der Waals surface area (Å²) in [5.41, 5.74) is 10.6. The molecule has 54 heavy (non-hydrogen) atoms. The van der Waals surface area contributed by atoms with Crippen molar-refractivity contribution in [1.29, 1.82) is 0 Å². The van der Waals surface area contributed by atoms with Crippen LogP contribution in [0.3, 0.4) is 0 Å². The minimum absolute atomic E-state index is 1.01. The van der Waals surface area contributed by atoms with Gasteiger partial charge in [-0.3, -0.25) is 0 Å². The van der Waals surface area contributed by atoms with E-state index in [-0.39, 0.29) is 0 Å². The summed E-state index contributed by atoms with van der Waals surface area (Å²) in [4.78, 5) is 5.18. The molecular formula is C53H33N. The van der Waals surface area contributed by atoms with E-state index in [9.17, 15) is 0 Å². The summed E-state index contributed by atoms with van der Waals surface area (Å²) in [5, 5.41) is 13.6. The number of hydrogen-bond acceptors (Lipinski definition) is 1. The summed E-state index contributed by atoms with van der Waals surface area (Å²) in [6.07, 6.45) is 0. The van der Waals surface area contributed by atoms with Gasteiger partial charge in [0.1, 0.15) is 0 Å². The van der Waals surface area contributed by atoms with Gasteiger partial charge in [0.2, 0.25) is 0 Å². The number of pyridine rings is 1. The van der Waals surface area contributed by atoms with E-state index in [1.165, 1.54) is 92.6 Å². The first kappa shape index (κ1) is 30.5. The van der Waals surface area contributed by atoms with Crippen LogP contribution < -0.4 is 0 Å². The molecule has 10 aromatic carbocycles. The van der Waals surface area contributed by atoms with Gasteiger partial charge in [-0.05, 0) is 94.0 Å². The summed E-state index contributed by atoms with van der Waals surface area (Å²) in [7, 11) is 0. The molecule has 0 aliphatic rings. The Kier molecular flexibility index (Phi) is 6.93. The molecule has 0 N–H and O–H groups in total. The maximum absolute atomic E-state index is 5.18. The van der Waals surface area contributed by atoms with E-state index in [1.807, 2.05) is 0 Å². The van der Waals surface area contributed by atoms with Crippen LogP contribution in [0.5, 0.6) is 0 Å². The quantitative estimate of drug-likeness (QED) is 0.133. The molecule has 0 saturated carbocycles. The SMILES string of the molecule is c1ccc2c(-c3c4ccccc4c(-c4cccc5ccccc45)c4cc(-c5ccc(-c6nc7ccccc7c7ccccc67)cc5)ccc34)cccc2c1. The summed E-state index contributed by atoms with van der Waals surface area (Å²) < 4.78 is 0. The molecule has 1 heterocycles. The van der Waals surface area contributed by atoms with Crippen molar-refractivity contribution in [2.24, 2.45) is 0 Å². The van der Waals surface area contributed by atoms with Crippen LogP contribution in [0.15, 0.2) is 200 Å². The van der Waals surface area contributed by atoms with Crippen molar-refractivity contribution in [3.8, 4) is 44.6 Å². The largest absolute Gasteiger partial charge is 0.247 e. The van der Waals surface area contributed by atoms with Gasteiger partial charge in [-0.1, -0.05) is 188 Å². The average molecular weight is 684 g/mol. The normalized spacial score (nSPS) is 11.7. The number of hydrogen-bond donors (Lipinski definition) is 0. The topological polar surface area (TPSA) is 12.9 Å². The third-order valence-corrected chi connectivity index (χ3v) is 11.2. The minimum atomic E-state index is 1.01. The first-order valence-electron chi connectivity index (χ1n) is 18.6. The van der Waals surface area contributed by atoms with Crippen molar-refractivity contribution in [2.75, 3.05) is 0 Å². The van der Waals surface area contributed by atoms with Crippen molar-refractivity contribution in [1.82, 2.24) is 4.98 Å². The highest BCUT2D eigenvalue weighted by Crippen LogP contribution is 2.47. The molecule has 1 nitrogen and oxygen atoms in total. The molecule has 0 unspecified atom stereocenters. The zero-order valence-electron chi connectivity index (χ0n) is 29.5. The molecule has 1 heteroatoms. The molecule has 1 aromatic heterocycles. The van der Waals surface area contributed by atoms with Crippen LogP contribution in [0.25, 0.3) is 109 Å². The average Bonchev–Trinajstić information content (AvgIpc) is 3.25. The molecule has 0 spiro atoms. The lowest BCUT2D eigenvalue weighted by Crippen LogP contribution is -1.93. The predicted octanol–water partition coefficient (Wildman–Crippen LogP) is 14.7. The van der Waals surface area contributed by atoms with Crippen LogP contribution in [0.4, 0.5) is 0 Å². The zero-order valence-corrected chi connectivity index (χ0v) is 29.5. The fourth-order valence-corrected chi connectivity index (χ4v) is 8.77. The molecule has 0 aliphatic carbocycles. The number of aromatic nitrogens is 1. The Labute approximate surface area is 313 Å². The molecule has 0 fully saturated rings. The smallest absolute Gasteiger partial charge is 0.0788 e. The van der Waals surface area contributed by atoms with Gasteiger partial charge < -0.3 is 0 Å². The summed E-state index contributed by atoms with van der Waals surface area (Å²) in [5.74, 6) is 0. The Bertz CT molecular complexity index is 3250. The summed E-state index contributed by atoms with van der Waals surface area (Å²) >= 11 is 0. The molecule has 0 saturated heterocycles. The van der Waals surface area contributed by atoms with Crippen LogP contribution in [-0.2, 0) is 0 Å². The summed E-state index contributed by atoms with van der Waals surface area (Å²) in [6.45, 7) is 0. The minimum Gasteiger partial charge on any atom is -0.247 e. The molecule has 0 radical (unpaired) electrons. The molecule has 0 amide bonds. The van der Waals surface area contributed by atoms with Crippen molar-refractivity contribution < 1.29 is 0 Å². The van der Waals surface area contributed by atoms with Crippen molar-refractivity contribution >= 4 is 64.8 Å². The zero-order chi connectivity index (χ0) is 35.6. The second-order valence-electron chi connectivity index (χ2n) is 14.2. The van der Waals surface area contributed by atoms with Crippen LogP contribution in [0.1, 0.15) is 0 Å². The van der Waals surface area contributed by atoms with Gasteiger partial charge in [-0.15, -0.1) is 0 Å². The second kappa shape index (κ2) is 12.3. The van der Waals surface area contributed by atoms with Gasteiger partial charge in [0.25, 0.3) is 0 Å². The van der Waals surface area contributed by atoms with E-state index >= 15 is 0 Å².